The maximum atomic E-state index is 13.6. The van der Waals surface area contributed by atoms with Crippen LogP contribution in [0, 0.1) is 0 Å². The number of carbonyl (C=O) groups is 2. The minimum absolute atomic E-state index is 0.0127. The highest BCUT2D eigenvalue weighted by atomic mass is 35.5. The van der Waals surface area contributed by atoms with Crippen LogP contribution in [0.3, 0.4) is 0 Å². The first kappa shape index (κ1) is 24.6. The van der Waals surface area contributed by atoms with Gasteiger partial charge in [-0.05, 0) is 37.8 Å². The van der Waals surface area contributed by atoms with E-state index in [1.807, 2.05) is 11.1 Å². The molecule has 12 heteroatoms. The number of ether oxygens (including phenoxy) is 1. The van der Waals surface area contributed by atoms with Crippen molar-refractivity contribution in [3.8, 4) is 5.88 Å². The summed E-state index contributed by atoms with van der Waals surface area (Å²) in [6.07, 6.45) is 5.25. The van der Waals surface area contributed by atoms with E-state index < -0.39 is 5.91 Å². The van der Waals surface area contributed by atoms with Crippen molar-refractivity contribution in [1.29, 1.82) is 0 Å². The SMILES string of the molecule is CC(=O)N1CCC(N2CC(c3nc(N)nc(OC4CC4)c3C(=O)Nc3c(Cl)cccc3Cl)=CN2)CC1. The zero-order valence-corrected chi connectivity index (χ0v) is 21.3. The Kier molecular flexibility index (Phi) is 6.92. The first-order chi connectivity index (χ1) is 17.3. The van der Waals surface area contributed by atoms with Gasteiger partial charge in [0.05, 0.1) is 21.4 Å². The van der Waals surface area contributed by atoms with Crippen molar-refractivity contribution in [2.45, 2.75) is 44.8 Å². The first-order valence-corrected chi connectivity index (χ1v) is 12.6. The summed E-state index contributed by atoms with van der Waals surface area (Å²) in [5.74, 6) is -0.253. The van der Waals surface area contributed by atoms with Crippen LogP contribution in [0.1, 0.15) is 48.7 Å². The molecule has 1 aromatic heterocycles. The average Bonchev–Trinajstić information content (AvgIpc) is 3.52. The molecule has 2 fully saturated rings. The number of halogens is 2. The fourth-order valence-electron chi connectivity index (χ4n) is 4.42. The van der Waals surface area contributed by atoms with Crippen LogP contribution in [0.5, 0.6) is 5.88 Å². The number of benzene rings is 1. The van der Waals surface area contributed by atoms with E-state index in [0.29, 0.717) is 41.1 Å². The molecule has 36 heavy (non-hydrogen) atoms. The summed E-state index contributed by atoms with van der Waals surface area (Å²) >= 11 is 12.6. The van der Waals surface area contributed by atoms with Crippen LogP contribution in [0.2, 0.25) is 10.0 Å². The normalized spacial score (nSPS) is 18.5. The smallest absolute Gasteiger partial charge is 0.263 e. The van der Waals surface area contributed by atoms with Gasteiger partial charge in [-0.2, -0.15) is 4.98 Å². The Bertz CT molecular complexity index is 1210. The third-order valence-electron chi connectivity index (χ3n) is 6.52. The van der Waals surface area contributed by atoms with Gasteiger partial charge in [0, 0.05) is 44.4 Å². The van der Waals surface area contributed by atoms with Gasteiger partial charge in [-0.1, -0.05) is 29.3 Å². The number of aromatic nitrogens is 2. The fourth-order valence-corrected chi connectivity index (χ4v) is 4.91. The molecule has 3 aliphatic rings. The van der Waals surface area contributed by atoms with E-state index >= 15 is 0 Å². The number of nitrogens with two attached hydrogens (primary N) is 1. The summed E-state index contributed by atoms with van der Waals surface area (Å²) < 4.78 is 5.98. The number of rotatable bonds is 6. The molecule has 0 bridgehead atoms. The number of hydrazine groups is 1. The van der Waals surface area contributed by atoms with Gasteiger partial charge < -0.3 is 26.1 Å². The van der Waals surface area contributed by atoms with Crippen molar-refractivity contribution in [3.63, 3.8) is 0 Å². The number of nitrogens with zero attached hydrogens (tertiary/aromatic N) is 4. The van der Waals surface area contributed by atoms with Crippen molar-refractivity contribution in [2.24, 2.45) is 0 Å². The molecular weight excluding hydrogens is 505 g/mol. The standard InChI is InChI=1S/C24H27Cl2N7O3/c1-13(34)32-9-7-15(8-10-32)33-12-14(11-28-33)20-19(23(31-24(27)30-20)36-16-5-6-16)22(35)29-21-17(25)3-2-4-18(21)26/h2-4,11,15-16,28H,5-10,12H2,1H3,(H,29,35)(H2,27,30,31). The summed E-state index contributed by atoms with van der Waals surface area (Å²) in [4.78, 5) is 35.8. The Morgan fingerprint density at radius 1 is 1.14 bits per heavy atom. The molecule has 0 spiro atoms. The van der Waals surface area contributed by atoms with Gasteiger partial charge >= 0.3 is 0 Å². The lowest BCUT2D eigenvalue weighted by atomic mass is 10.0. The lowest BCUT2D eigenvalue weighted by Gasteiger charge is -2.36. The number of para-hydroxylation sites is 1. The number of amides is 2. The molecule has 1 aromatic carbocycles. The van der Waals surface area contributed by atoms with Crippen molar-refractivity contribution < 1.29 is 14.3 Å². The van der Waals surface area contributed by atoms with Gasteiger partial charge in [0.25, 0.3) is 5.91 Å². The molecule has 0 radical (unpaired) electrons. The van der Waals surface area contributed by atoms with Crippen LogP contribution in [0.15, 0.2) is 24.4 Å². The number of anilines is 2. The molecule has 4 N–H and O–H groups in total. The Morgan fingerprint density at radius 2 is 1.83 bits per heavy atom. The van der Waals surface area contributed by atoms with E-state index in [-0.39, 0.29) is 35.4 Å². The quantitative estimate of drug-likeness (QED) is 0.518. The molecule has 2 amide bonds. The Morgan fingerprint density at radius 3 is 2.47 bits per heavy atom. The highest BCUT2D eigenvalue weighted by Gasteiger charge is 2.34. The van der Waals surface area contributed by atoms with Gasteiger partial charge in [-0.25, -0.2) is 9.99 Å². The van der Waals surface area contributed by atoms with Crippen molar-refractivity contribution >= 4 is 52.2 Å². The maximum Gasteiger partial charge on any atom is 0.263 e. The molecule has 0 atom stereocenters. The van der Waals surface area contributed by atoms with Crippen molar-refractivity contribution in [3.05, 3.63) is 45.7 Å². The number of hydrogen-bond acceptors (Lipinski definition) is 8. The summed E-state index contributed by atoms with van der Waals surface area (Å²) in [7, 11) is 0. The summed E-state index contributed by atoms with van der Waals surface area (Å²) in [6.45, 7) is 3.51. The maximum absolute atomic E-state index is 13.6. The summed E-state index contributed by atoms with van der Waals surface area (Å²) in [6, 6.07) is 5.22. The van der Waals surface area contributed by atoms with Crippen LogP contribution in [-0.2, 0) is 4.79 Å². The molecule has 1 aliphatic carbocycles. The van der Waals surface area contributed by atoms with Gasteiger partial charge in [-0.3, -0.25) is 9.59 Å². The van der Waals surface area contributed by atoms with Crippen molar-refractivity contribution in [1.82, 2.24) is 25.3 Å². The van der Waals surface area contributed by atoms with Crippen LogP contribution < -0.4 is 21.2 Å². The highest BCUT2D eigenvalue weighted by molar-refractivity contribution is 6.40. The molecule has 1 saturated heterocycles. The minimum Gasteiger partial charge on any atom is -0.474 e. The molecule has 10 nitrogen and oxygen atoms in total. The fraction of sp³-hybridized carbons (Fsp3) is 0.417. The predicted octanol–water partition coefficient (Wildman–Crippen LogP) is 3.33. The topological polar surface area (TPSA) is 126 Å². The minimum atomic E-state index is -0.496. The second kappa shape index (κ2) is 10.1. The highest BCUT2D eigenvalue weighted by Crippen LogP contribution is 2.35. The average molecular weight is 532 g/mol. The summed E-state index contributed by atoms with van der Waals surface area (Å²) in [5, 5.41) is 5.51. The lowest BCUT2D eigenvalue weighted by molar-refractivity contribution is -0.130. The van der Waals surface area contributed by atoms with E-state index in [2.05, 4.69) is 25.7 Å². The van der Waals surface area contributed by atoms with E-state index in [1.54, 1.807) is 25.1 Å². The van der Waals surface area contributed by atoms with Crippen LogP contribution in [0.25, 0.3) is 5.57 Å². The van der Waals surface area contributed by atoms with Crippen LogP contribution >= 0.6 is 23.2 Å². The number of likely N-dealkylation sites (tertiary alicyclic amines) is 1. The van der Waals surface area contributed by atoms with E-state index in [1.165, 1.54) is 0 Å². The zero-order chi connectivity index (χ0) is 25.4. The number of nitrogen functional groups attached to an aromatic ring is 1. The molecular formula is C24H27Cl2N7O3. The lowest BCUT2D eigenvalue weighted by Crippen LogP contribution is -2.48. The monoisotopic (exact) mass is 531 g/mol. The number of hydrogen-bond donors (Lipinski definition) is 3. The Labute approximate surface area is 218 Å². The molecule has 1 saturated carbocycles. The second-order valence-corrected chi connectivity index (χ2v) is 9.96. The van der Waals surface area contributed by atoms with Gasteiger partial charge in [0.15, 0.2) is 0 Å². The Hall–Kier alpha value is -3.08. The third kappa shape index (κ3) is 5.21. The summed E-state index contributed by atoms with van der Waals surface area (Å²) in [5.41, 5.74) is 11.0. The van der Waals surface area contributed by atoms with E-state index in [0.717, 1.165) is 31.3 Å². The van der Waals surface area contributed by atoms with Crippen LogP contribution in [-0.4, -0.2) is 63.5 Å². The van der Waals surface area contributed by atoms with Gasteiger partial charge in [0.1, 0.15) is 11.7 Å². The van der Waals surface area contributed by atoms with E-state index in [9.17, 15) is 9.59 Å². The molecule has 2 aliphatic heterocycles. The van der Waals surface area contributed by atoms with Crippen LogP contribution in [0.4, 0.5) is 11.6 Å². The van der Waals surface area contributed by atoms with Gasteiger partial charge in [0.2, 0.25) is 17.7 Å². The van der Waals surface area contributed by atoms with Gasteiger partial charge in [-0.15, -0.1) is 0 Å². The Balaban J connectivity index is 1.42. The first-order valence-electron chi connectivity index (χ1n) is 11.9. The molecule has 2 aromatic rings. The predicted molar refractivity (Wildman–Crippen MR) is 138 cm³/mol. The molecule has 3 heterocycles. The number of nitrogens with one attached hydrogen (secondary N) is 2. The molecule has 190 valence electrons. The molecule has 5 rings (SSSR count). The number of piperidine rings is 1. The zero-order valence-electron chi connectivity index (χ0n) is 19.8. The second-order valence-electron chi connectivity index (χ2n) is 9.14. The number of carbonyl (C=O) groups excluding carboxylic acids is 2. The van der Waals surface area contributed by atoms with E-state index in [4.69, 9.17) is 33.7 Å². The van der Waals surface area contributed by atoms with Crippen molar-refractivity contribution in [2.75, 3.05) is 30.7 Å². The largest absolute Gasteiger partial charge is 0.474 e. The third-order valence-corrected chi connectivity index (χ3v) is 7.15. The molecule has 0 unspecified atom stereocenters.